The van der Waals surface area contributed by atoms with E-state index in [2.05, 4.69) is 10.2 Å². The van der Waals surface area contributed by atoms with Crippen molar-refractivity contribution >= 4 is 16.8 Å². The van der Waals surface area contributed by atoms with Gasteiger partial charge in [-0.1, -0.05) is 18.2 Å². The summed E-state index contributed by atoms with van der Waals surface area (Å²) >= 11 is 0. The van der Waals surface area contributed by atoms with Crippen LogP contribution in [0.25, 0.3) is 10.9 Å². The van der Waals surface area contributed by atoms with Gasteiger partial charge < -0.3 is 9.73 Å². The summed E-state index contributed by atoms with van der Waals surface area (Å²) in [5.41, 5.74) is 2.68. The van der Waals surface area contributed by atoms with Gasteiger partial charge in [0.25, 0.3) is 5.91 Å². The molecule has 1 unspecified atom stereocenters. The minimum Gasteiger partial charge on any atom is -0.468 e. The number of aromatic nitrogens is 1. The lowest BCUT2D eigenvalue weighted by Gasteiger charge is -2.26. The molecule has 5 heteroatoms. The summed E-state index contributed by atoms with van der Waals surface area (Å²) in [7, 11) is 0. The van der Waals surface area contributed by atoms with Gasteiger partial charge in [-0.2, -0.15) is 0 Å². The second-order valence-corrected chi connectivity index (χ2v) is 7.87. The van der Waals surface area contributed by atoms with Gasteiger partial charge in [0.1, 0.15) is 5.76 Å². The third-order valence-corrected chi connectivity index (χ3v) is 5.89. The van der Waals surface area contributed by atoms with Crippen molar-refractivity contribution in [1.29, 1.82) is 0 Å². The zero-order valence-corrected chi connectivity index (χ0v) is 15.9. The number of rotatable bonds is 6. The molecule has 1 amide bonds. The maximum absolute atomic E-state index is 13.2. The molecule has 2 aliphatic rings. The van der Waals surface area contributed by atoms with Gasteiger partial charge in [0.05, 0.1) is 23.4 Å². The monoisotopic (exact) mass is 375 g/mol. The minimum absolute atomic E-state index is 0.0312. The van der Waals surface area contributed by atoms with Crippen molar-refractivity contribution in [2.75, 3.05) is 19.6 Å². The average Bonchev–Trinajstić information content (AvgIpc) is 3.18. The first-order valence-corrected chi connectivity index (χ1v) is 10.2. The highest BCUT2D eigenvalue weighted by atomic mass is 16.3. The molecule has 0 bridgehead atoms. The molecule has 1 saturated heterocycles. The highest BCUT2D eigenvalue weighted by molar-refractivity contribution is 6.06. The molecule has 3 aromatic rings. The Morgan fingerprint density at radius 3 is 2.75 bits per heavy atom. The Kier molecular flexibility index (Phi) is 4.61. The molecule has 1 aromatic carbocycles. The number of nitrogens with zero attached hydrogens (tertiary/aromatic N) is 2. The number of fused-ring (bicyclic) bond motifs is 1. The molecular weight excluding hydrogens is 350 g/mol. The normalized spacial score (nSPS) is 18.4. The number of hydrogen-bond donors (Lipinski definition) is 1. The van der Waals surface area contributed by atoms with Gasteiger partial charge in [0.2, 0.25) is 0 Å². The van der Waals surface area contributed by atoms with Gasteiger partial charge in [0, 0.05) is 23.5 Å². The molecule has 5 rings (SSSR count). The summed E-state index contributed by atoms with van der Waals surface area (Å²) in [6.07, 6.45) is 6.44. The number of carbonyl (C=O) groups is 1. The second-order valence-electron chi connectivity index (χ2n) is 7.87. The highest BCUT2D eigenvalue weighted by Gasteiger charge is 2.28. The maximum Gasteiger partial charge on any atom is 0.252 e. The van der Waals surface area contributed by atoms with Crippen LogP contribution in [0.2, 0.25) is 0 Å². The van der Waals surface area contributed by atoms with Gasteiger partial charge >= 0.3 is 0 Å². The fraction of sp³-hybridized carbons (Fsp3) is 0.391. The molecule has 1 atom stereocenters. The number of para-hydroxylation sites is 1. The Morgan fingerprint density at radius 2 is 2.00 bits per heavy atom. The molecule has 2 aromatic heterocycles. The Balaban J connectivity index is 1.40. The van der Waals surface area contributed by atoms with Gasteiger partial charge in [0.15, 0.2) is 0 Å². The number of amides is 1. The molecule has 2 fully saturated rings. The first kappa shape index (κ1) is 17.4. The maximum atomic E-state index is 13.2. The summed E-state index contributed by atoms with van der Waals surface area (Å²) in [4.78, 5) is 20.3. The first-order valence-electron chi connectivity index (χ1n) is 10.2. The molecule has 1 aliphatic heterocycles. The third-order valence-electron chi connectivity index (χ3n) is 5.89. The van der Waals surface area contributed by atoms with Crippen molar-refractivity contribution in [1.82, 2.24) is 15.2 Å². The van der Waals surface area contributed by atoms with Crippen LogP contribution >= 0.6 is 0 Å². The quantitative estimate of drug-likeness (QED) is 0.699. The van der Waals surface area contributed by atoms with Crippen molar-refractivity contribution in [2.45, 2.75) is 37.6 Å². The summed E-state index contributed by atoms with van der Waals surface area (Å²) in [6, 6.07) is 13.9. The fourth-order valence-corrected chi connectivity index (χ4v) is 4.20. The van der Waals surface area contributed by atoms with E-state index in [9.17, 15) is 4.79 Å². The van der Waals surface area contributed by atoms with Crippen LogP contribution in [-0.2, 0) is 0 Å². The van der Waals surface area contributed by atoms with Gasteiger partial charge in [-0.3, -0.25) is 14.7 Å². The Morgan fingerprint density at radius 1 is 1.18 bits per heavy atom. The minimum atomic E-state index is -0.0312. The molecule has 0 spiro atoms. The van der Waals surface area contributed by atoms with Crippen LogP contribution in [0.3, 0.4) is 0 Å². The van der Waals surface area contributed by atoms with Crippen LogP contribution in [0, 0.1) is 0 Å². The summed E-state index contributed by atoms with van der Waals surface area (Å²) in [6.45, 7) is 2.64. The number of likely N-dealkylation sites (tertiary alicyclic amines) is 1. The van der Waals surface area contributed by atoms with Crippen LogP contribution in [-0.4, -0.2) is 35.4 Å². The number of hydrogen-bond acceptors (Lipinski definition) is 4. The SMILES string of the molecule is O=C(NCC(c1ccco1)N1CCCC1)c1cc(C2CC2)nc2ccccc12. The zero-order valence-electron chi connectivity index (χ0n) is 15.9. The lowest BCUT2D eigenvalue weighted by molar-refractivity contribution is 0.0935. The molecule has 144 valence electrons. The van der Waals surface area contributed by atoms with Crippen molar-refractivity contribution in [3.8, 4) is 0 Å². The average molecular weight is 375 g/mol. The Bertz CT molecular complexity index is 973. The smallest absolute Gasteiger partial charge is 0.252 e. The lowest BCUT2D eigenvalue weighted by atomic mass is 10.0. The van der Waals surface area contributed by atoms with E-state index in [-0.39, 0.29) is 11.9 Å². The van der Waals surface area contributed by atoms with Crippen LogP contribution in [0.1, 0.15) is 59.5 Å². The standard InChI is InChI=1S/C23H25N3O2/c27-23(24-15-21(22-8-5-13-28-22)26-11-3-4-12-26)18-14-20(16-9-10-16)25-19-7-2-1-6-17(18)19/h1-2,5-8,13-14,16,21H,3-4,9-12,15H2,(H,24,27). The third kappa shape index (κ3) is 3.42. The van der Waals surface area contributed by atoms with Crippen molar-refractivity contribution < 1.29 is 9.21 Å². The van der Waals surface area contributed by atoms with Crippen molar-refractivity contribution in [3.05, 3.63) is 65.7 Å². The number of nitrogens with one attached hydrogen (secondary N) is 1. The zero-order chi connectivity index (χ0) is 18.9. The van der Waals surface area contributed by atoms with Crippen molar-refractivity contribution in [3.63, 3.8) is 0 Å². The van der Waals surface area contributed by atoms with Crippen LogP contribution in [0.5, 0.6) is 0 Å². The molecule has 5 nitrogen and oxygen atoms in total. The molecule has 1 N–H and O–H groups in total. The lowest BCUT2D eigenvalue weighted by Crippen LogP contribution is -2.36. The van der Waals surface area contributed by atoms with Gasteiger partial charge in [-0.25, -0.2) is 0 Å². The van der Waals surface area contributed by atoms with E-state index >= 15 is 0 Å². The molecule has 1 aliphatic carbocycles. The summed E-state index contributed by atoms with van der Waals surface area (Å²) in [5.74, 6) is 1.40. The van der Waals surface area contributed by atoms with E-state index in [1.165, 1.54) is 25.7 Å². The topological polar surface area (TPSA) is 58.4 Å². The summed E-state index contributed by atoms with van der Waals surface area (Å²) in [5, 5.41) is 4.09. The number of carbonyl (C=O) groups excluding carboxylic acids is 1. The number of pyridine rings is 1. The number of furan rings is 1. The van der Waals surface area contributed by atoms with Gasteiger partial charge in [-0.15, -0.1) is 0 Å². The van der Waals surface area contributed by atoms with E-state index in [1.54, 1.807) is 6.26 Å². The van der Waals surface area contributed by atoms with E-state index < -0.39 is 0 Å². The van der Waals surface area contributed by atoms with Crippen LogP contribution < -0.4 is 5.32 Å². The second kappa shape index (κ2) is 7.40. The number of benzene rings is 1. The molecule has 28 heavy (non-hydrogen) atoms. The van der Waals surface area contributed by atoms with Crippen LogP contribution in [0.15, 0.2) is 53.1 Å². The van der Waals surface area contributed by atoms with Crippen LogP contribution in [0.4, 0.5) is 0 Å². The molecule has 3 heterocycles. The first-order chi connectivity index (χ1) is 13.8. The Labute approximate surface area is 164 Å². The largest absolute Gasteiger partial charge is 0.468 e. The fourth-order valence-electron chi connectivity index (χ4n) is 4.20. The molecule has 0 radical (unpaired) electrons. The van der Waals surface area contributed by atoms with E-state index in [4.69, 9.17) is 9.40 Å². The van der Waals surface area contributed by atoms with Gasteiger partial charge in [-0.05, 0) is 63.0 Å². The Hall–Kier alpha value is -2.66. The van der Waals surface area contributed by atoms with Crippen molar-refractivity contribution in [2.24, 2.45) is 0 Å². The van der Waals surface area contributed by atoms with E-state index in [0.717, 1.165) is 41.0 Å². The highest BCUT2D eigenvalue weighted by Crippen LogP contribution is 2.40. The van der Waals surface area contributed by atoms with E-state index in [1.807, 2.05) is 42.5 Å². The molecule has 1 saturated carbocycles. The summed E-state index contributed by atoms with van der Waals surface area (Å²) < 4.78 is 5.67. The predicted molar refractivity (Wildman–Crippen MR) is 108 cm³/mol. The van der Waals surface area contributed by atoms with E-state index in [0.29, 0.717) is 12.5 Å². The predicted octanol–water partition coefficient (Wildman–Crippen LogP) is 4.27. The molecular formula is C23H25N3O2.